The maximum atomic E-state index is 12.2. The fraction of sp³-hybridized carbons (Fsp3) is 0.500. The van der Waals surface area contributed by atoms with E-state index in [9.17, 15) is 8.42 Å². The molecule has 1 aliphatic heterocycles. The summed E-state index contributed by atoms with van der Waals surface area (Å²) >= 11 is 11.6. The Morgan fingerprint density at radius 3 is 2.68 bits per heavy atom. The van der Waals surface area contributed by atoms with Crippen molar-refractivity contribution < 1.29 is 8.42 Å². The second-order valence-electron chi connectivity index (χ2n) is 4.77. The molecule has 7 heteroatoms. The van der Waals surface area contributed by atoms with Crippen molar-refractivity contribution in [3.63, 3.8) is 0 Å². The Balaban J connectivity index is 2.15. The highest BCUT2D eigenvalue weighted by Gasteiger charge is 2.24. The molecule has 1 heterocycles. The zero-order valence-electron chi connectivity index (χ0n) is 10.5. The molecule has 2 unspecified atom stereocenters. The number of hydrogen-bond donors (Lipinski definition) is 2. The number of piperidine rings is 1. The zero-order chi connectivity index (χ0) is 14.0. The first-order valence-corrected chi connectivity index (χ1v) is 8.33. The highest BCUT2D eigenvalue weighted by atomic mass is 35.5. The van der Waals surface area contributed by atoms with Gasteiger partial charge in [-0.1, -0.05) is 23.2 Å². The predicted octanol–water partition coefficient (Wildman–Crippen LogP) is 2.41. The molecule has 19 heavy (non-hydrogen) atoms. The van der Waals surface area contributed by atoms with Gasteiger partial charge in [-0.05, 0) is 44.5 Å². The molecule has 1 fully saturated rings. The third kappa shape index (κ3) is 3.83. The molecule has 106 valence electrons. The van der Waals surface area contributed by atoms with Gasteiger partial charge >= 0.3 is 0 Å². The van der Waals surface area contributed by atoms with Gasteiger partial charge in [0.2, 0.25) is 10.0 Å². The molecule has 4 nitrogen and oxygen atoms in total. The molecule has 0 aromatic heterocycles. The minimum absolute atomic E-state index is 0.0456. The lowest BCUT2D eigenvalue weighted by atomic mass is 10.0. The summed E-state index contributed by atoms with van der Waals surface area (Å²) in [6, 6.07) is 4.59. The summed E-state index contributed by atoms with van der Waals surface area (Å²) in [7, 11) is -3.54. The lowest BCUT2D eigenvalue weighted by molar-refractivity contribution is 0.361. The van der Waals surface area contributed by atoms with Gasteiger partial charge in [-0.2, -0.15) is 0 Å². The van der Waals surface area contributed by atoms with Gasteiger partial charge in [0, 0.05) is 12.1 Å². The summed E-state index contributed by atoms with van der Waals surface area (Å²) < 4.78 is 27.2. The Kier molecular flexibility index (Phi) is 4.74. The summed E-state index contributed by atoms with van der Waals surface area (Å²) in [6.45, 7) is 2.86. The topological polar surface area (TPSA) is 58.2 Å². The van der Waals surface area contributed by atoms with Crippen LogP contribution in [0.25, 0.3) is 0 Å². The SMILES string of the molecule is CC1CC(NS(=O)(=O)c2ccc(Cl)c(Cl)c2)CCN1. The number of benzene rings is 1. The first-order chi connectivity index (χ1) is 8.88. The van der Waals surface area contributed by atoms with Crippen LogP contribution in [0.3, 0.4) is 0 Å². The Morgan fingerprint density at radius 1 is 1.32 bits per heavy atom. The average Bonchev–Trinajstić information content (AvgIpc) is 2.32. The molecular weight excluding hydrogens is 307 g/mol. The fourth-order valence-corrected chi connectivity index (χ4v) is 3.84. The van der Waals surface area contributed by atoms with Crippen molar-refractivity contribution in [1.29, 1.82) is 0 Å². The van der Waals surface area contributed by atoms with Crippen molar-refractivity contribution in [3.8, 4) is 0 Å². The van der Waals surface area contributed by atoms with Gasteiger partial charge in [0.15, 0.2) is 0 Å². The highest BCUT2D eigenvalue weighted by molar-refractivity contribution is 7.89. The first kappa shape index (κ1) is 15.1. The van der Waals surface area contributed by atoms with E-state index in [1.807, 2.05) is 6.92 Å². The second-order valence-corrected chi connectivity index (χ2v) is 7.30. The normalized spacial score (nSPS) is 24.4. The number of sulfonamides is 1. The molecule has 0 amide bonds. The minimum atomic E-state index is -3.54. The largest absolute Gasteiger partial charge is 0.314 e. The smallest absolute Gasteiger partial charge is 0.240 e. The van der Waals surface area contributed by atoms with Crippen LogP contribution in [0, 0.1) is 0 Å². The summed E-state index contributed by atoms with van der Waals surface area (Å²) in [6.07, 6.45) is 1.56. The van der Waals surface area contributed by atoms with Crippen LogP contribution < -0.4 is 10.0 Å². The van der Waals surface area contributed by atoms with Gasteiger partial charge in [-0.3, -0.25) is 0 Å². The Morgan fingerprint density at radius 2 is 2.05 bits per heavy atom. The van der Waals surface area contributed by atoms with Crippen LogP contribution in [-0.2, 0) is 10.0 Å². The van der Waals surface area contributed by atoms with Crippen molar-refractivity contribution in [2.45, 2.75) is 36.7 Å². The Bertz CT molecular complexity index is 563. The van der Waals surface area contributed by atoms with Gasteiger partial charge in [0.25, 0.3) is 0 Å². The summed E-state index contributed by atoms with van der Waals surface area (Å²) in [5, 5.41) is 3.86. The molecule has 0 aliphatic carbocycles. The standard InChI is InChI=1S/C12H16Cl2N2O2S/c1-8-6-9(4-5-15-8)16-19(17,18)10-2-3-11(13)12(14)7-10/h2-3,7-9,15-16H,4-6H2,1H3. The lowest BCUT2D eigenvalue weighted by Crippen LogP contribution is -2.46. The molecule has 2 atom stereocenters. The van der Waals surface area contributed by atoms with E-state index in [0.29, 0.717) is 11.1 Å². The number of hydrogen-bond acceptors (Lipinski definition) is 3. The number of rotatable bonds is 3. The molecule has 2 N–H and O–H groups in total. The van der Waals surface area contributed by atoms with E-state index in [4.69, 9.17) is 23.2 Å². The van der Waals surface area contributed by atoms with Crippen LogP contribution in [0.5, 0.6) is 0 Å². The number of nitrogens with one attached hydrogen (secondary N) is 2. The van der Waals surface area contributed by atoms with E-state index in [2.05, 4.69) is 10.0 Å². The second kappa shape index (κ2) is 5.97. The van der Waals surface area contributed by atoms with Gasteiger partial charge < -0.3 is 5.32 Å². The Labute approximate surface area is 123 Å². The fourth-order valence-electron chi connectivity index (χ4n) is 2.17. The molecule has 0 bridgehead atoms. The van der Waals surface area contributed by atoms with Gasteiger partial charge in [0.05, 0.1) is 14.9 Å². The first-order valence-electron chi connectivity index (χ1n) is 6.09. The van der Waals surface area contributed by atoms with Crippen LogP contribution in [0.15, 0.2) is 23.1 Å². The van der Waals surface area contributed by atoms with E-state index in [0.717, 1.165) is 19.4 Å². The van der Waals surface area contributed by atoms with Gasteiger partial charge in [0.1, 0.15) is 0 Å². The molecule has 2 rings (SSSR count). The van der Waals surface area contributed by atoms with Gasteiger partial charge in [-0.25, -0.2) is 13.1 Å². The van der Waals surface area contributed by atoms with Crippen LogP contribution in [0.4, 0.5) is 0 Å². The molecule has 1 aromatic rings. The molecular formula is C12H16Cl2N2O2S. The zero-order valence-corrected chi connectivity index (χ0v) is 12.8. The molecule has 1 saturated heterocycles. The third-order valence-corrected chi connectivity index (χ3v) is 5.40. The molecule has 0 radical (unpaired) electrons. The van der Waals surface area contributed by atoms with Crippen molar-refractivity contribution >= 4 is 33.2 Å². The third-order valence-electron chi connectivity index (χ3n) is 3.15. The monoisotopic (exact) mass is 322 g/mol. The minimum Gasteiger partial charge on any atom is -0.314 e. The Hall–Kier alpha value is -0.330. The number of halogens is 2. The van der Waals surface area contributed by atoms with Crippen molar-refractivity contribution in [2.24, 2.45) is 0 Å². The molecule has 1 aromatic carbocycles. The van der Waals surface area contributed by atoms with E-state index < -0.39 is 10.0 Å². The molecule has 0 spiro atoms. The lowest BCUT2D eigenvalue weighted by Gasteiger charge is -2.28. The average molecular weight is 323 g/mol. The summed E-state index contributed by atoms with van der Waals surface area (Å²) in [4.78, 5) is 0.146. The summed E-state index contributed by atoms with van der Waals surface area (Å²) in [5.74, 6) is 0. The molecule has 0 saturated carbocycles. The van der Waals surface area contributed by atoms with Crippen LogP contribution in [-0.4, -0.2) is 27.0 Å². The summed E-state index contributed by atoms with van der Waals surface area (Å²) in [5.41, 5.74) is 0. The quantitative estimate of drug-likeness (QED) is 0.898. The molecule has 1 aliphatic rings. The van der Waals surface area contributed by atoms with Crippen LogP contribution in [0.2, 0.25) is 10.0 Å². The van der Waals surface area contributed by atoms with E-state index >= 15 is 0 Å². The van der Waals surface area contributed by atoms with Crippen molar-refractivity contribution in [2.75, 3.05) is 6.54 Å². The van der Waals surface area contributed by atoms with Crippen LogP contribution >= 0.6 is 23.2 Å². The van der Waals surface area contributed by atoms with E-state index in [-0.39, 0.29) is 16.0 Å². The maximum Gasteiger partial charge on any atom is 0.240 e. The van der Waals surface area contributed by atoms with Crippen molar-refractivity contribution in [1.82, 2.24) is 10.0 Å². The predicted molar refractivity (Wildman–Crippen MR) is 77.3 cm³/mol. The highest BCUT2D eigenvalue weighted by Crippen LogP contribution is 2.25. The van der Waals surface area contributed by atoms with Crippen LogP contribution in [0.1, 0.15) is 19.8 Å². The van der Waals surface area contributed by atoms with Gasteiger partial charge in [-0.15, -0.1) is 0 Å². The maximum absolute atomic E-state index is 12.2. The van der Waals surface area contributed by atoms with Crippen molar-refractivity contribution in [3.05, 3.63) is 28.2 Å². The van der Waals surface area contributed by atoms with E-state index in [1.54, 1.807) is 0 Å². The van der Waals surface area contributed by atoms with E-state index in [1.165, 1.54) is 18.2 Å².